The molecule has 0 spiro atoms. The molecular formula is C7H13N5. The second kappa shape index (κ2) is 3.36. The van der Waals surface area contributed by atoms with Crippen LogP contribution in [0.3, 0.4) is 0 Å². The van der Waals surface area contributed by atoms with E-state index in [0.717, 1.165) is 17.7 Å². The van der Waals surface area contributed by atoms with Crippen molar-refractivity contribution in [2.75, 3.05) is 11.2 Å². The van der Waals surface area contributed by atoms with Crippen molar-refractivity contribution < 1.29 is 0 Å². The van der Waals surface area contributed by atoms with Gasteiger partial charge in [-0.2, -0.15) is 4.98 Å². The van der Waals surface area contributed by atoms with E-state index in [0.29, 0.717) is 5.82 Å². The number of nitrogen functional groups attached to an aromatic ring is 2. The first-order valence-electron chi connectivity index (χ1n) is 3.78. The molecule has 0 bridgehead atoms. The maximum Gasteiger partial charge on any atom is 0.222 e. The highest BCUT2D eigenvalue weighted by molar-refractivity contribution is 5.48. The Labute approximate surface area is 71.2 Å². The number of nitrogens with zero attached hydrogens (tertiary/aromatic N) is 2. The Balaban J connectivity index is 3.24. The predicted octanol–water partition coefficient (Wildman–Crippen LogP) is 0.215. The van der Waals surface area contributed by atoms with E-state index in [2.05, 4.69) is 15.4 Å². The number of hydrogen-bond donors (Lipinski definition) is 3. The zero-order valence-corrected chi connectivity index (χ0v) is 7.26. The quantitative estimate of drug-likeness (QED) is 0.433. The van der Waals surface area contributed by atoms with Gasteiger partial charge in [-0.15, -0.1) is 0 Å². The number of nitrogens with two attached hydrogens (primary N) is 2. The predicted molar refractivity (Wildman–Crippen MR) is 48.4 cm³/mol. The van der Waals surface area contributed by atoms with Crippen LogP contribution in [0.1, 0.15) is 18.2 Å². The van der Waals surface area contributed by atoms with Gasteiger partial charge in [-0.3, -0.25) is 0 Å². The number of aryl methyl sites for hydroxylation is 1. The molecular weight excluding hydrogens is 154 g/mol. The van der Waals surface area contributed by atoms with Crippen molar-refractivity contribution in [3.8, 4) is 0 Å². The van der Waals surface area contributed by atoms with Gasteiger partial charge in [0.1, 0.15) is 5.82 Å². The lowest BCUT2D eigenvalue weighted by Gasteiger charge is -2.08. The molecule has 66 valence electrons. The summed E-state index contributed by atoms with van der Waals surface area (Å²) in [5.41, 5.74) is 9.82. The maximum absolute atomic E-state index is 5.44. The molecule has 1 heterocycles. The summed E-state index contributed by atoms with van der Waals surface area (Å²) in [4.78, 5) is 7.98. The summed E-state index contributed by atoms with van der Waals surface area (Å²) in [6.07, 6.45) is 0.839. The SMILES string of the molecule is CCc1c(C)nc(N)nc1NN. The Morgan fingerprint density at radius 3 is 2.58 bits per heavy atom. The Morgan fingerprint density at radius 2 is 2.08 bits per heavy atom. The zero-order chi connectivity index (χ0) is 9.14. The Morgan fingerprint density at radius 1 is 1.42 bits per heavy atom. The Hall–Kier alpha value is -1.36. The van der Waals surface area contributed by atoms with Crippen molar-refractivity contribution in [1.29, 1.82) is 0 Å². The van der Waals surface area contributed by atoms with E-state index >= 15 is 0 Å². The average Bonchev–Trinajstić information content (AvgIpc) is 2.03. The largest absolute Gasteiger partial charge is 0.368 e. The fourth-order valence-corrected chi connectivity index (χ4v) is 1.16. The lowest BCUT2D eigenvalue weighted by molar-refractivity contribution is 0.998. The molecule has 12 heavy (non-hydrogen) atoms. The van der Waals surface area contributed by atoms with Gasteiger partial charge in [0.2, 0.25) is 5.95 Å². The van der Waals surface area contributed by atoms with Crippen LogP contribution < -0.4 is 17.0 Å². The maximum atomic E-state index is 5.44. The van der Waals surface area contributed by atoms with Gasteiger partial charge in [-0.25, -0.2) is 10.8 Å². The lowest BCUT2D eigenvalue weighted by Crippen LogP contribution is -2.14. The summed E-state index contributed by atoms with van der Waals surface area (Å²) in [5.74, 6) is 6.13. The minimum Gasteiger partial charge on any atom is -0.368 e. The first-order valence-corrected chi connectivity index (χ1v) is 3.78. The first-order chi connectivity index (χ1) is 5.69. The highest BCUT2D eigenvalue weighted by Crippen LogP contribution is 2.16. The smallest absolute Gasteiger partial charge is 0.222 e. The van der Waals surface area contributed by atoms with E-state index in [4.69, 9.17) is 11.6 Å². The van der Waals surface area contributed by atoms with Gasteiger partial charge in [0, 0.05) is 11.3 Å². The number of hydrazine groups is 1. The van der Waals surface area contributed by atoms with Crippen LogP contribution >= 0.6 is 0 Å². The summed E-state index contributed by atoms with van der Waals surface area (Å²) in [6, 6.07) is 0. The molecule has 0 aliphatic rings. The van der Waals surface area contributed by atoms with E-state index in [1.807, 2.05) is 13.8 Å². The molecule has 0 amide bonds. The summed E-state index contributed by atoms with van der Waals surface area (Å²) in [5, 5.41) is 0. The highest BCUT2D eigenvalue weighted by Gasteiger charge is 2.06. The van der Waals surface area contributed by atoms with E-state index in [1.54, 1.807) is 0 Å². The van der Waals surface area contributed by atoms with Gasteiger partial charge in [0.15, 0.2) is 0 Å². The number of anilines is 2. The normalized spacial score (nSPS) is 9.92. The fourth-order valence-electron chi connectivity index (χ4n) is 1.16. The van der Waals surface area contributed by atoms with E-state index in [-0.39, 0.29) is 5.95 Å². The molecule has 0 atom stereocenters. The monoisotopic (exact) mass is 167 g/mol. The third kappa shape index (κ3) is 1.45. The van der Waals surface area contributed by atoms with Crippen molar-refractivity contribution in [2.45, 2.75) is 20.3 Å². The molecule has 0 fully saturated rings. The van der Waals surface area contributed by atoms with Crippen LogP contribution in [0.2, 0.25) is 0 Å². The second-order valence-corrected chi connectivity index (χ2v) is 2.49. The summed E-state index contributed by atoms with van der Waals surface area (Å²) in [6.45, 7) is 3.90. The van der Waals surface area contributed by atoms with Crippen molar-refractivity contribution >= 4 is 11.8 Å². The van der Waals surface area contributed by atoms with Gasteiger partial charge in [0.25, 0.3) is 0 Å². The molecule has 0 aliphatic carbocycles. The molecule has 5 nitrogen and oxygen atoms in total. The molecule has 0 unspecified atom stereocenters. The molecule has 0 aromatic carbocycles. The van der Waals surface area contributed by atoms with Crippen LogP contribution in [0.25, 0.3) is 0 Å². The lowest BCUT2D eigenvalue weighted by atomic mass is 10.2. The molecule has 1 rings (SSSR count). The third-order valence-corrected chi connectivity index (χ3v) is 1.72. The molecule has 5 N–H and O–H groups in total. The zero-order valence-electron chi connectivity index (χ0n) is 7.26. The van der Waals surface area contributed by atoms with Crippen molar-refractivity contribution in [3.63, 3.8) is 0 Å². The van der Waals surface area contributed by atoms with Gasteiger partial charge in [-0.1, -0.05) is 6.92 Å². The minimum absolute atomic E-state index is 0.248. The minimum atomic E-state index is 0.248. The number of nitrogens with one attached hydrogen (secondary N) is 1. The van der Waals surface area contributed by atoms with Gasteiger partial charge in [-0.05, 0) is 13.3 Å². The summed E-state index contributed by atoms with van der Waals surface area (Å²) >= 11 is 0. The van der Waals surface area contributed by atoms with Gasteiger partial charge >= 0.3 is 0 Å². The van der Waals surface area contributed by atoms with Crippen molar-refractivity contribution in [3.05, 3.63) is 11.3 Å². The molecule has 1 aromatic rings. The summed E-state index contributed by atoms with van der Waals surface area (Å²) in [7, 11) is 0. The molecule has 1 aromatic heterocycles. The average molecular weight is 167 g/mol. The molecule has 0 saturated carbocycles. The van der Waals surface area contributed by atoms with Crippen molar-refractivity contribution in [1.82, 2.24) is 9.97 Å². The van der Waals surface area contributed by atoms with E-state index in [9.17, 15) is 0 Å². The summed E-state index contributed by atoms with van der Waals surface area (Å²) < 4.78 is 0. The van der Waals surface area contributed by atoms with Crippen LogP contribution in [-0.4, -0.2) is 9.97 Å². The van der Waals surface area contributed by atoms with Gasteiger partial charge in [0.05, 0.1) is 0 Å². The Bertz CT molecular complexity index is 283. The molecule has 0 saturated heterocycles. The third-order valence-electron chi connectivity index (χ3n) is 1.72. The van der Waals surface area contributed by atoms with Crippen LogP contribution in [0, 0.1) is 6.92 Å². The van der Waals surface area contributed by atoms with Crippen LogP contribution in [-0.2, 0) is 6.42 Å². The highest BCUT2D eigenvalue weighted by atomic mass is 15.3. The molecule has 0 aliphatic heterocycles. The van der Waals surface area contributed by atoms with E-state index < -0.39 is 0 Å². The number of aromatic nitrogens is 2. The van der Waals surface area contributed by atoms with Crippen molar-refractivity contribution in [2.24, 2.45) is 5.84 Å². The fraction of sp³-hybridized carbons (Fsp3) is 0.429. The second-order valence-electron chi connectivity index (χ2n) is 2.49. The first kappa shape index (κ1) is 8.73. The van der Waals surface area contributed by atoms with Crippen LogP contribution in [0.4, 0.5) is 11.8 Å². The standard InChI is InChI=1S/C7H13N5/c1-3-5-4(2)10-7(8)11-6(5)12-9/h3,9H2,1-2H3,(H3,8,10,11,12). The van der Waals surface area contributed by atoms with Gasteiger partial charge < -0.3 is 11.2 Å². The Kier molecular flexibility index (Phi) is 2.44. The van der Waals surface area contributed by atoms with E-state index in [1.165, 1.54) is 0 Å². The number of hydrogen-bond acceptors (Lipinski definition) is 5. The topological polar surface area (TPSA) is 89.8 Å². The van der Waals surface area contributed by atoms with Crippen LogP contribution in [0.5, 0.6) is 0 Å². The molecule has 5 heteroatoms. The van der Waals surface area contributed by atoms with Crippen LogP contribution in [0.15, 0.2) is 0 Å². The molecule has 0 radical (unpaired) electrons. The number of rotatable bonds is 2.